The first kappa shape index (κ1) is 56.9. The van der Waals surface area contributed by atoms with Crippen molar-refractivity contribution in [1.29, 1.82) is 0 Å². The lowest BCUT2D eigenvalue weighted by atomic mass is 9.88. The van der Waals surface area contributed by atoms with E-state index in [1.807, 2.05) is 27.2 Å². The first-order valence-electron chi connectivity index (χ1n) is 23.6. The molecular formula is C48H87NO11P+. The van der Waals surface area contributed by atoms with Crippen LogP contribution >= 0.6 is 7.82 Å². The van der Waals surface area contributed by atoms with E-state index in [2.05, 4.69) is 50.3 Å². The zero-order valence-corrected chi connectivity index (χ0v) is 39.6. The van der Waals surface area contributed by atoms with Crippen LogP contribution in [0.3, 0.4) is 0 Å². The van der Waals surface area contributed by atoms with Gasteiger partial charge in [-0.25, -0.2) is 4.57 Å². The van der Waals surface area contributed by atoms with Gasteiger partial charge in [-0.3, -0.25) is 18.6 Å². The van der Waals surface area contributed by atoms with E-state index in [4.69, 9.17) is 18.5 Å². The van der Waals surface area contributed by atoms with Crippen LogP contribution < -0.4 is 0 Å². The van der Waals surface area contributed by atoms with E-state index in [9.17, 15) is 34.4 Å². The number of carbonyl (C=O) groups is 2. The van der Waals surface area contributed by atoms with Gasteiger partial charge in [-0.15, -0.1) is 0 Å². The summed E-state index contributed by atoms with van der Waals surface area (Å²) in [5.41, 5.74) is 0. The van der Waals surface area contributed by atoms with Gasteiger partial charge in [0.15, 0.2) is 6.10 Å². The molecule has 0 bridgehead atoms. The van der Waals surface area contributed by atoms with Crippen molar-refractivity contribution in [1.82, 2.24) is 0 Å². The lowest BCUT2D eigenvalue weighted by Gasteiger charge is -2.24. The molecule has 1 rings (SSSR count). The van der Waals surface area contributed by atoms with E-state index in [-0.39, 0.29) is 37.9 Å². The fourth-order valence-electron chi connectivity index (χ4n) is 7.17. The molecule has 354 valence electrons. The number of aliphatic hydroxyl groups is 3. The van der Waals surface area contributed by atoms with Crippen LogP contribution in [0.5, 0.6) is 0 Å². The molecule has 1 aliphatic carbocycles. The first-order chi connectivity index (χ1) is 29.2. The first-order valence-corrected chi connectivity index (χ1v) is 25.1. The van der Waals surface area contributed by atoms with Crippen LogP contribution in [0, 0.1) is 11.8 Å². The molecule has 13 heteroatoms. The van der Waals surface area contributed by atoms with Crippen LogP contribution in [0.4, 0.5) is 0 Å². The van der Waals surface area contributed by atoms with Crippen molar-refractivity contribution in [3.05, 3.63) is 48.6 Å². The van der Waals surface area contributed by atoms with Gasteiger partial charge in [-0.05, 0) is 70.1 Å². The van der Waals surface area contributed by atoms with Gasteiger partial charge in [-0.2, -0.15) is 0 Å². The van der Waals surface area contributed by atoms with Crippen LogP contribution in [-0.4, -0.2) is 109 Å². The molecule has 0 spiro atoms. The number of esters is 2. The molecule has 7 atom stereocenters. The smallest absolute Gasteiger partial charge is 0.462 e. The molecule has 1 unspecified atom stereocenters. The van der Waals surface area contributed by atoms with Crippen LogP contribution in [0.25, 0.3) is 0 Å². The van der Waals surface area contributed by atoms with Gasteiger partial charge in [0.05, 0.1) is 46.1 Å². The highest BCUT2D eigenvalue weighted by Gasteiger charge is 2.39. The third-order valence-corrected chi connectivity index (χ3v) is 11.9. The van der Waals surface area contributed by atoms with Crippen molar-refractivity contribution in [3.63, 3.8) is 0 Å². The summed E-state index contributed by atoms with van der Waals surface area (Å²) in [4.78, 5) is 35.6. The highest BCUT2D eigenvalue weighted by molar-refractivity contribution is 7.47. The van der Waals surface area contributed by atoms with E-state index in [0.717, 1.165) is 83.5 Å². The number of ether oxygens (including phenoxy) is 2. The predicted molar refractivity (Wildman–Crippen MR) is 245 cm³/mol. The topological polar surface area (TPSA) is 169 Å². The van der Waals surface area contributed by atoms with E-state index < -0.39 is 50.8 Å². The second-order valence-electron chi connectivity index (χ2n) is 17.8. The molecule has 1 aliphatic rings. The molecule has 1 fully saturated rings. The van der Waals surface area contributed by atoms with Gasteiger partial charge in [0, 0.05) is 25.2 Å². The van der Waals surface area contributed by atoms with Crippen molar-refractivity contribution >= 4 is 19.8 Å². The number of phosphoric ester groups is 1. The summed E-state index contributed by atoms with van der Waals surface area (Å²) in [6.07, 6.45) is 33.6. The quantitative estimate of drug-likeness (QED) is 0.0153. The number of phosphoric acid groups is 1. The standard InChI is InChI=1S/C48H86NO11P/c1-6-8-10-11-12-13-14-15-16-17-18-19-20-21-22-23-28-32-47(53)57-39-42(40-59-61(55,56)58-37-36-49(3,4)5)60-48(54)33-29-25-24-27-31-43-44(46(52)38-45(43)51)35-34-41(50)30-26-9-7-2/h12-13,15-16,18-19,34-35,41-46,50-52H,6-11,14,17,20-33,36-40H2,1-5H3/p+1/b13-12-,16-15-,19-18-,35-34+/t41-,42+,43+,44+,45-,46+/m0/s1. The molecule has 1 saturated carbocycles. The fraction of sp³-hybridized carbons (Fsp3) is 0.792. The summed E-state index contributed by atoms with van der Waals surface area (Å²) in [5, 5.41) is 31.5. The molecule has 0 aromatic carbocycles. The summed E-state index contributed by atoms with van der Waals surface area (Å²) in [6.45, 7) is 4.02. The Labute approximate surface area is 370 Å². The SMILES string of the molecule is CCCCC/C=C\C/C=C\C/C=C\CCCCCCC(=O)OC[C@H](COP(=O)(O)OCC[N+](C)(C)C)OC(=O)CCCCCC[C@@H]1[C@@H](/C=C/[C@@H](O)CCCCC)[C@H](O)C[C@@H]1O. The molecule has 12 nitrogen and oxygen atoms in total. The number of rotatable bonds is 38. The number of likely N-dealkylation sites (N-methyl/N-ethyl adjacent to an activating group) is 1. The summed E-state index contributed by atoms with van der Waals surface area (Å²) in [5.74, 6) is -1.26. The van der Waals surface area contributed by atoms with Gasteiger partial charge < -0.3 is 34.2 Å². The molecule has 0 aromatic rings. The zero-order valence-electron chi connectivity index (χ0n) is 38.7. The number of hydrogen-bond donors (Lipinski definition) is 4. The highest BCUT2D eigenvalue weighted by atomic mass is 31.2. The Bertz CT molecular complexity index is 1300. The Morgan fingerprint density at radius 3 is 1.93 bits per heavy atom. The summed E-state index contributed by atoms with van der Waals surface area (Å²) < 4.78 is 34.3. The lowest BCUT2D eigenvalue weighted by molar-refractivity contribution is -0.870. The largest absolute Gasteiger partial charge is 0.472 e. The number of allylic oxidation sites excluding steroid dienone is 6. The van der Waals surface area contributed by atoms with E-state index in [1.165, 1.54) is 25.7 Å². The average molecular weight is 885 g/mol. The van der Waals surface area contributed by atoms with Crippen LogP contribution in [0.2, 0.25) is 0 Å². The maximum absolute atomic E-state index is 12.8. The Morgan fingerprint density at radius 2 is 1.30 bits per heavy atom. The highest BCUT2D eigenvalue weighted by Crippen LogP contribution is 2.43. The molecule has 4 N–H and O–H groups in total. The van der Waals surface area contributed by atoms with Gasteiger partial charge in [0.2, 0.25) is 0 Å². The van der Waals surface area contributed by atoms with E-state index in [0.29, 0.717) is 36.7 Å². The van der Waals surface area contributed by atoms with Gasteiger partial charge in [0.1, 0.15) is 19.8 Å². The number of nitrogens with zero attached hydrogens (tertiary/aromatic N) is 1. The minimum atomic E-state index is -4.45. The Morgan fingerprint density at radius 1 is 0.721 bits per heavy atom. The predicted octanol–water partition coefficient (Wildman–Crippen LogP) is 9.85. The molecule has 0 aromatic heterocycles. The number of hydrogen-bond acceptors (Lipinski definition) is 10. The molecular weight excluding hydrogens is 797 g/mol. The van der Waals surface area contributed by atoms with Gasteiger partial charge >= 0.3 is 19.8 Å². The summed E-state index contributed by atoms with van der Waals surface area (Å²) >= 11 is 0. The van der Waals surface area contributed by atoms with Crippen molar-refractivity contribution in [2.24, 2.45) is 11.8 Å². The maximum atomic E-state index is 12.8. The number of aliphatic hydroxyl groups excluding tert-OH is 3. The number of carbonyl (C=O) groups excluding carboxylic acids is 2. The monoisotopic (exact) mass is 885 g/mol. The van der Waals surface area contributed by atoms with Crippen molar-refractivity contribution in [2.45, 2.75) is 186 Å². The van der Waals surface area contributed by atoms with Gasteiger partial charge in [-0.1, -0.05) is 127 Å². The van der Waals surface area contributed by atoms with Crippen molar-refractivity contribution < 1.29 is 57.4 Å². The fourth-order valence-corrected chi connectivity index (χ4v) is 7.92. The number of quaternary nitrogens is 1. The second-order valence-corrected chi connectivity index (χ2v) is 19.2. The minimum Gasteiger partial charge on any atom is -0.462 e. The van der Waals surface area contributed by atoms with Gasteiger partial charge in [0.25, 0.3) is 0 Å². The zero-order chi connectivity index (χ0) is 45.2. The number of unbranched alkanes of at least 4 members (excludes halogenated alkanes) is 12. The van der Waals surface area contributed by atoms with Crippen LogP contribution in [0.1, 0.15) is 162 Å². The molecule has 0 saturated heterocycles. The van der Waals surface area contributed by atoms with E-state index in [1.54, 1.807) is 6.08 Å². The summed E-state index contributed by atoms with van der Waals surface area (Å²) in [6, 6.07) is 0. The lowest BCUT2D eigenvalue weighted by Crippen LogP contribution is -2.37. The molecule has 0 aliphatic heterocycles. The van der Waals surface area contributed by atoms with E-state index >= 15 is 0 Å². The minimum absolute atomic E-state index is 0.0123. The average Bonchev–Trinajstić information content (AvgIpc) is 3.47. The second kappa shape index (κ2) is 35.2. The van der Waals surface area contributed by atoms with Crippen molar-refractivity contribution in [2.75, 3.05) is 47.5 Å². The van der Waals surface area contributed by atoms with Crippen molar-refractivity contribution in [3.8, 4) is 0 Å². The molecule has 0 heterocycles. The van der Waals surface area contributed by atoms with Crippen LogP contribution in [-0.2, 0) is 32.7 Å². The third-order valence-electron chi connectivity index (χ3n) is 10.9. The Kier molecular flexibility index (Phi) is 32.8. The summed E-state index contributed by atoms with van der Waals surface area (Å²) in [7, 11) is 1.33. The molecule has 61 heavy (non-hydrogen) atoms. The van der Waals surface area contributed by atoms with Crippen LogP contribution in [0.15, 0.2) is 48.6 Å². The molecule has 0 radical (unpaired) electrons. The third kappa shape index (κ3) is 32.2. The normalized spacial score (nSPS) is 20.6. The Hall–Kier alpha value is -2.15. The maximum Gasteiger partial charge on any atom is 0.472 e. The Balaban J connectivity index is 2.47. The molecule has 0 amide bonds.